The van der Waals surface area contributed by atoms with Crippen molar-refractivity contribution in [3.8, 4) is 0 Å². The van der Waals surface area contributed by atoms with E-state index in [0.29, 0.717) is 0 Å². The van der Waals surface area contributed by atoms with Gasteiger partial charge in [-0.2, -0.15) is 0 Å². The van der Waals surface area contributed by atoms with E-state index in [1.807, 2.05) is 7.05 Å². The molecule has 0 heterocycles. The lowest BCUT2D eigenvalue weighted by Crippen LogP contribution is -2.20. The molecule has 0 spiro atoms. The van der Waals surface area contributed by atoms with Gasteiger partial charge in [-0.1, -0.05) is 45.8 Å². The maximum Gasteiger partial charge on any atom is 0.0579 e. The Labute approximate surface area is 130 Å². The molecule has 0 saturated heterocycles. The van der Waals surface area contributed by atoms with E-state index in [0.717, 1.165) is 4.47 Å². The van der Waals surface area contributed by atoms with Crippen molar-refractivity contribution in [1.29, 1.82) is 0 Å². The van der Waals surface area contributed by atoms with Crippen LogP contribution in [0, 0.1) is 27.7 Å². The fraction of sp³-hybridized carbons (Fsp3) is 0.333. The Kier molecular flexibility index (Phi) is 4.66. The number of rotatable bonds is 3. The highest BCUT2D eigenvalue weighted by molar-refractivity contribution is 9.10. The van der Waals surface area contributed by atoms with Gasteiger partial charge in [0.2, 0.25) is 0 Å². The number of halogens is 1. The lowest BCUT2D eigenvalue weighted by Gasteiger charge is -2.23. The monoisotopic (exact) mass is 331 g/mol. The number of hydrogen-bond acceptors (Lipinski definition) is 1. The van der Waals surface area contributed by atoms with Crippen LogP contribution in [0.2, 0.25) is 0 Å². The zero-order valence-electron chi connectivity index (χ0n) is 12.8. The summed E-state index contributed by atoms with van der Waals surface area (Å²) in [6.45, 7) is 8.69. The van der Waals surface area contributed by atoms with Gasteiger partial charge in [0.15, 0.2) is 0 Å². The minimum absolute atomic E-state index is 0.238. The SMILES string of the molecule is CNC(c1ccc(Br)c(C)c1)c1c(C)cc(C)cc1C. The maximum absolute atomic E-state index is 3.57. The van der Waals surface area contributed by atoms with Crippen molar-refractivity contribution in [2.24, 2.45) is 0 Å². The quantitative estimate of drug-likeness (QED) is 0.835. The second-order valence-electron chi connectivity index (χ2n) is 5.54. The Morgan fingerprint density at radius 1 is 0.900 bits per heavy atom. The van der Waals surface area contributed by atoms with E-state index < -0.39 is 0 Å². The Morgan fingerprint density at radius 2 is 1.50 bits per heavy atom. The highest BCUT2D eigenvalue weighted by atomic mass is 79.9. The summed E-state index contributed by atoms with van der Waals surface area (Å²) in [5.74, 6) is 0. The largest absolute Gasteiger partial charge is 0.309 e. The molecule has 0 aliphatic heterocycles. The molecule has 2 aromatic carbocycles. The fourth-order valence-electron chi connectivity index (χ4n) is 2.97. The van der Waals surface area contributed by atoms with Crippen LogP contribution in [0.25, 0.3) is 0 Å². The van der Waals surface area contributed by atoms with E-state index in [2.05, 4.69) is 79.3 Å². The first-order valence-electron chi connectivity index (χ1n) is 6.95. The molecule has 0 aliphatic carbocycles. The first-order valence-corrected chi connectivity index (χ1v) is 7.74. The van der Waals surface area contributed by atoms with E-state index in [1.54, 1.807) is 0 Å². The molecular formula is C18H22BrN. The van der Waals surface area contributed by atoms with Gasteiger partial charge >= 0.3 is 0 Å². The van der Waals surface area contributed by atoms with Crippen LogP contribution in [-0.2, 0) is 0 Å². The number of aryl methyl sites for hydroxylation is 4. The summed E-state index contributed by atoms with van der Waals surface area (Å²) in [7, 11) is 2.03. The van der Waals surface area contributed by atoms with Gasteiger partial charge in [-0.3, -0.25) is 0 Å². The fourth-order valence-corrected chi connectivity index (χ4v) is 3.22. The Balaban J connectivity index is 2.55. The molecule has 0 fully saturated rings. The standard InChI is InChI=1S/C18H22BrN/c1-11-8-13(3)17(14(4)9-11)18(20-5)15-6-7-16(19)12(2)10-15/h6-10,18,20H,1-5H3. The minimum Gasteiger partial charge on any atom is -0.309 e. The zero-order chi connectivity index (χ0) is 14.9. The highest BCUT2D eigenvalue weighted by Gasteiger charge is 2.17. The average molecular weight is 332 g/mol. The van der Waals surface area contributed by atoms with Crippen LogP contribution in [0.15, 0.2) is 34.8 Å². The van der Waals surface area contributed by atoms with Gasteiger partial charge in [0.05, 0.1) is 6.04 Å². The molecule has 20 heavy (non-hydrogen) atoms. The van der Waals surface area contributed by atoms with E-state index >= 15 is 0 Å². The summed E-state index contributed by atoms with van der Waals surface area (Å²) in [5, 5.41) is 3.47. The molecule has 0 aromatic heterocycles. The maximum atomic E-state index is 3.57. The lowest BCUT2D eigenvalue weighted by molar-refractivity contribution is 0.682. The molecule has 2 rings (SSSR count). The third-order valence-corrected chi connectivity index (χ3v) is 4.72. The molecule has 2 aromatic rings. The average Bonchev–Trinajstić information content (AvgIpc) is 2.37. The molecule has 0 amide bonds. The van der Waals surface area contributed by atoms with Crippen LogP contribution in [0.4, 0.5) is 0 Å². The molecule has 1 N–H and O–H groups in total. The van der Waals surface area contributed by atoms with Crippen molar-refractivity contribution >= 4 is 15.9 Å². The topological polar surface area (TPSA) is 12.0 Å². The predicted octanol–water partition coefficient (Wildman–Crippen LogP) is 4.99. The van der Waals surface area contributed by atoms with E-state index in [9.17, 15) is 0 Å². The second kappa shape index (κ2) is 6.11. The third kappa shape index (κ3) is 2.97. The van der Waals surface area contributed by atoms with Gasteiger partial charge in [0, 0.05) is 4.47 Å². The van der Waals surface area contributed by atoms with Crippen molar-refractivity contribution < 1.29 is 0 Å². The summed E-state index contributed by atoms with van der Waals surface area (Å²) in [6, 6.07) is 11.3. The first kappa shape index (κ1) is 15.3. The molecular weight excluding hydrogens is 310 g/mol. The smallest absolute Gasteiger partial charge is 0.0579 e. The van der Waals surface area contributed by atoms with Crippen molar-refractivity contribution in [1.82, 2.24) is 5.32 Å². The highest BCUT2D eigenvalue weighted by Crippen LogP contribution is 2.30. The Hall–Kier alpha value is -1.12. The van der Waals surface area contributed by atoms with Crippen LogP contribution >= 0.6 is 15.9 Å². The predicted molar refractivity (Wildman–Crippen MR) is 90.4 cm³/mol. The first-order chi connectivity index (χ1) is 9.43. The molecule has 0 bridgehead atoms. The van der Waals surface area contributed by atoms with Gasteiger partial charge in [-0.25, -0.2) is 0 Å². The van der Waals surface area contributed by atoms with Crippen molar-refractivity contribution in [3.05, 3.63) is 68.2 Å². The zero-order valence-corrected chi connectivity index (χ0v) is 14.4. The molecule has 0 aliphatic rings. The number of nitrogens with one attached hydrogen (secondary N) is 1. The van der Waals surface area contributed by atoms with Gasteiger partial charge in [0.1, 0.15) is 0 Å². The normalized spacial score (nSPS) is 12.5. The van der Waals surface area contributed by atoms with Crippen LogP contribution < -0.4 is 5.32 Å². The van der Waals surface area contributed by atoms with E-state index in [-0.39, 0.29) is 6.04 Å². The Bertz CT molecular complexity index is 608. The van der Waals surface area contributed by atoms with Crippen LogP contribution in [0.1, 0.15) is 39.4 Å². The minimum atomic E-state index is 0.238. The summed E-state index contributed by atoms with van der Waals surface area (Å²) < 4.78 is 1.16. The van der Waals surface area contributed by atoms with Crippen molar-refractivity contribution in [2.75, 3.05) is 7.05 Å². The van der Waals surface area contributed by atoms with Gasteiger partial charge in [0.25, 0.3) is 0 Å². The summed E-state index contributed by atoms with van der Waals surface area (Å²) in [5.41, 5.74) is 7.99. The third-order valence-electron chi connectivity index (χ3n) is 3.83. The lowest BCUT2D eigenvalue weighted by atomic mass is 9.89. The summed E-state index contributed by atoms with van der Waals surface area (Å²) in [4.78, 5) is 0. The molecule has 1 atom stereocenters. The van der Waals surface area contributed by atoms with Gasteiger partial charge in [-0.15, -0.1) is 0 Å². The van der Waals surface area contributed by atoms with E-state index in [1.165, 1.54) is 33.4 Å². The van der Waals surface area contributed by atoms with Crippen molar-refractivity contribution in [3.63, 3.8) is 0 Å². The summed E-state index contributed by atoms with van der Waals surface area (Å²) in [6.07, 6.45) is 0. The molecule has 1 nitrogen and oxygen atoms in total. The molecule has 106 valence electrons. The van der Waals surface area contributed by atoms with Gasteiger partial charge in [-0.05, 0) is 68.6 Å². The molecule has 1 unspecified atom stereocenters. The number of benzene rings is 2. The second-order valence-corrected chi connectivity index (χ2v) is 6.40. The van der Waals surface area contributed by atoms with Crippen LogP contribution in [0.5, 0.6) is 0 Å². The van der Waals surface area contributed by atoms with E-state index in [4.69, 9.17) is 0 Å². The van der Waals surface area contributed by atoms with Crippen LogP contribution in [0.3, 0.4) is 0 Å². The van der Waals surface area contributed by atoms with Gasteiger partial charge < -0.3 is 5.32 Å². The molecule has 0 saturated carbocycles. The Morgan fingerprint density at radius 3 is 2.00 bits per heavy atom. The van der Waals surface area contributed by atoms with Crippen molar-refractivity contribution in [2.45, 2.75) is 33.7 Å². The number of hydrogen-bond donors (Lipinski definition) is 1. The molecule has 2 heteroatoms. The van der Waals surface area contributed by atoms with Crippen LogP contribution in [-0.4, -0.2) is 7.05 Å². The summed E-state index contributed by atoms with van der Waals surface area (Å²) >= 11 is 3.57. The molecule has 0 radical (unpaired) electrons.